The third kappa shape index (κ3) is 4.52. The Morgan fingerprint density at radius 1 is 1.09 bits per heavy atom. The number of carbonyl (C=O) groups is 1. The van der Waals surface area contributed by atoms with E-state index in [1.165, 1.54) is 24.3 Å². The third-order valence-electron chi connectivity index (χ3n) is 5.39. The molecule has 6 nitrogen and oxygen atoms in total. The fourth-order valence-electron chi connectivity index (χ4n) is 3.61. The van der Waals surface area contributed by atoms with Crippen LogP contribution in [0.2, 0.25) is 0 Å². The Bertz CT molecular complexity index is 1140. The minimum atomic E-state index is -4.68. The standard InChI is InChI=1S/C21H20F5N5O/c1-30-6-8-31(9-7-30)13-3-5-15(14(11-13)21(24,25)26)29-20(32)12-2-4-16-17(10-12)28-19(27-16)18(22)23/h2-5,10-11,18H,6-9H2,1H3,(H,27,28)(H,29,32). The largest absolute Gasteiger partial charge is 0.418 e. The zero-order valence-electron chi connectivity index (χ0n) is 17.0. The molecule has 1 saturated heterocycles. The normalized spacial score (nSPS) is 15.5. The molecule has 32 heavy (non-hydrogen) atoms. The predicted molar refractivity (Wildman–Crippen MR) is 110 cm³/mol. The summed E-state index contributed by atoms with van der Waals surface area (Å²) in [5.41, 5.74) is -0.470. The van der Waals surface area contributed by atoms with Crippen LogP contribution < -0.4 is 10.2 Å². The first-order valence-electron chi connectivity index (χ1n) is 9.86. The monoisotopic (exact) mass is 453 g/mol. The second kappa shape index (κ2) is 8.38. The first kappa shape index (κ1) is 22.0. The summed E-state index contributed by atoms with van der Waals surface area (Å²) in [4.78, 5) is 22.7. The lowest BCUT2D eigenvalue weighted by atomic mass is 10.1. The SMILES string of the molecule is CN1CCN(c2ccc(NC(=O)c3ccc4nc(C(F)F)[nH]c4c3)c(C(F)(F)F)c2)CC1. The molecule has 1 aromatic heterocycles. The lowest BCUT2D eigenvalue weighted by Crippen LogP contribution is -2.44. The van der Waals surface area contributed by atoms with Gasteiger partial charge in [-0.3, -0.25) is 4.79 Å². The number of nitrogens with one attached hydrogen (secondary N) is 2. The van der Waals surface area contributed by atoms with E-state index >= 15 is 0 Å². The van der Waals surface area contributed by atoms with Crippen LogP contribution in [0.5, 0.6) is 0 Å². The smallest absolute Gasteiger partial charge is 0.369 e. The van der Waals surface area contributed by atoms with Gasteiger partial charge in [0.1, 0.15) is 0 Å². The highest BCUT2D eigenvalue weighted by Crippen LogP contribution is 2.38. The molecule has 11 heteroatoms. The Kier molecular flexibility index (Phi) is 5.76. The van der Waals surface area contributed by atoms with Gasteiger partial charge in [-0.2, -0.15) is 13.2 Å². The Labute approximate surface area is 180 Å². The maximum Gasteiger partial charge on any atom is 0.418 e. The number of benzene rings is 2. The van der Waals surface area contributed by atoms with Crippen LogP contribution in [0.3, 0.4) is 0 Å². The second-order valence-electron chi connectivity index (χ2n) is 7.63. The number of hydrogen-bond donors (Lipinski definition) is 2. The number of aromatic amines is 1. The number of anilines is 2. The van der Waals surface area contributed by atoms with Gasteiger partial charge in [0.25, 0.3) is 12.3 Å². The minimum absolute atomic E-state index is 0.0123. The topological polar surface area (TPSA) is 64.3 Å². The summed E-state index contributed by atoms with van der Waals surface area (Å²) in [7, 11) is 1.95. The molecule has 1 aliphatic rings. The lowest BCUT2D eigenvalue weighted by Gasteiger charge is -2.34. The van der Waals surface area contributed by atoms with Crippen LogP contribution in [0.4, 0.5) is 33.3 Å². The number of imidazole rings is 1. The van der Waals surface area contributed by atoms with E-state index in [0.717, 1.165) is 19.2 Å². The highest BCUT2D eigenvalue weighted by Gasteiger charge is 2.35. The molecule has 0 aliphatic carbocycles. The molecule has 4 rings (SSSR count). The summed E-state index contributed by atoms with van der Waals surface area (Å²) in [5, 5.41) is 2.30. The van der Waals surface area contributed by atoms with Crippen LogP contribution in [0, 0.1) is 0 Å². The zero-order chi connectivity index (χ0) is 23.0. The number of amides is 1. The number of piperazine rings is 1. The minimum Gasteiger partial charge on any atom is -0.369 e. The number of nitrogens with zero attached hydrogens (tertiary/aromatic N) is 3. The van der Waals surface area contributed by atoms with Gasteiger partial charge in [0, 0.05) is 37.4 Å². The number of fused-ring (bicyclic) bond motifs is 1. The molecule has 1 fully saturated rings. The molecule has 0 radical (unpaired) electrons. The number of alkyl halides is 5. The van der Waals surface area contributed by atoms with Crippen molar-refractivity contribution >= 4 is 28.3 Å². The van der Waals surface area contributed by atoms with Crippen molar-refractivity contribution in [2.75, 3.05) is 43.4 Å². The Morgan fingerprint density at radius 3 is 2.47 bits per heavy atom. The molecule has 170 valence electrons. The number of carbonyl (C=O) groups excluding carboxylic acids is 1. The number of rotatable bonds is 4. The van der Waals surface area contributed by atoms with Crippen LogP contribution in [-0.2, 0) is 6.18 Å². The highest BCUT2D eigenvalue weighted by atomic mass is 19.4. The number of aromatic nitrogens is 2. The van der Waals surface area contributed by atoms with Crippen molar-refractivity contribution in [3.63, 3.8) is 0 Å². The molecule has 3 aromatic rings. The van der Waals surface area contributed by atoms with Crippen LogP contribution in [0.1, 0.15) is 28.2 Å². The molecule has 0 bridgehead atoms. The Hall–Kier alpha value is -3.21. The van der Waals surface area contributed by atoms with Gasteiger partial charge >= 0.3 is 6.18 Å². The van der Waals surface area contributed by atoms with Gasteiger partial charge in [0.05, 0.1) is 22.3 Å². The first-order chi connectivity index (χ1) is 15.1. The molecule has 1 aliphatic heterocycles. The maximum atomic E-state index is 13.7. The molecule has 0 spiro atoms. The van der Waals surface area contributed by atoms with E-state index in [1.54, 1.807) is 6.07 Å². The van der Waals surface area contributed by atoms with Gasteiger partial charge in [-0.25, -0.2) is 13.8 Å². The van der Waals surface area contributed by atoms with E-state index in [0.29, 0.717) is 18.8 Å². The third-order valence-corrected chi connectivity index (χ3v) is 5.39. The van der Waals surface area contributed by atoms with Gasteiger partial charge in [-0.15, -0.1) is 0 Å². The van der Waals surface area contributed by atoms with E-state index in [1.807, 2.05) is 11.9 Å². The van der Waals surface area contributed by atoms with Gasteiger partial charge in [-0.1, -0.05) is 0 Å². The molecular formula is C21H20F5N5O. The Balaban J connectivity index is 1.60. The molecule has 0 saturated carbocycles. The summed E-state index contributed by atoms with van der Waals surface area (Å²) in [6.07, 6.45) is -7.49. The molecule has 2 N–H and O–H groups in total. The van der Waals surface area contributed by atoms with E-state index in [-0.39, 0.29) is 22.3 Å². The van der Waals surface area contributed by atoms with Gasteiger partial charge < -0.3 is 20.1 Å². The van der Waals surface area contributed by atoms with Crippen molar-refractivity contribution in [2.45, 2.75) is 12.6 Å². The molecule has 0 unspecified atom stereocenters. The molecule has 2 heterocycles. The summed E-state index contributed by atoms with van der Waals surface area (Å²) >= 11 is 0. The number of halogens is 5. The van der Waals surface area contributed by atoms with Crippen molar-refractivity contribution in [3.05, 3.63) is 53.3 Å². The van der Waals surface area contributed by atoms with E-state index in [4.69, 9.17) is 0 Å². The van der Waals surface area contributed by atoms with Gasteiger partial charge in [-0.05, 0) is 43.4 Å². The van der Waals surface area contributed by atoms with Crippen molar-refractivity contribution in [1.29, 1.82) is 0 Å². The highest BCUT2D eigenvalue weighted by molar-refractivity contribution is 6.06. The number of likely N-dealkylation sites (N-methyl/N-ethyl adjacent to an activating group) is 1. The van der Waals surface area contributed by atoms with Crippen LogP contribution >= 0.6 is 0 Å². The van der Waals surface area contributed by atoms with Crippen LogP contribution in [0.25, 0.3) is 11.0 Å². The van der Waals surface area contributed by atoms with E-state index < -0.39 is 29.9 Å². The van der Waals surface area contributed by atoms with E-state index in [2.05, 4.69) is 20.2 Å². The molecule has 0 atom stereocenters. The fraction of sp³-hybridized carbons (Fsp3) is 0.333. The lowest BCUT2D eigenvalue weighted by molar-refractivity contribution is -0.136. The quantitative estimate of drug-likeness (QED) is 0.570. The first-order valence-corrected chi connectivity index (χ1v) is 9.86. The van der Waals surface area contributed by atoms with Gasteiger partial charge in [0.15, 0.2) is 5.82 Å². The average molecular weight is 453 g/mol. The average Bonchev–Trinajstić information content (AvgIpc) is 3.18. The summed E-state index contributed by atoms with van der Waals surface area (Å²) in [6, 6.07) is 7.76. The van der Waals surface area contributed by atoms with Crippen molar-refractivity contribution in [3.8, 4) is 0 Å². The molecule has 2 aromatic carbocycles. The van der Waals surface area contributed by atoms with Crippen LogP contribution in [0.15, 0.2) is 36.4 Å². The number of hydrogen-bond acceptors (Lipinski definition) is 4. The van der Waals surface area contributed by atoms with E-state index in [9.17, 15) is 26.7 Å². The predicted octanol–water partition coefficient (Wildman–Crippen LogP) is 4.52. The van der Waals surface area contributed by atoms with Gasteiger partial charge in [0.2, 0.25) is 0 Å². The van der Waals surface area contributed by atoms with Crippen molar-refractivity contribution in [2.24, 2.45) is 0 Å². The maximum absolute atomic E-state index is 13.7. The summed E-state index contributed by atoms with van der Waals surface area (Å²) < 4.78 is 66.8. The van der Waals surface area contributed by atoms with Crippen molar-refractivity contribution < 1.29 is 26.7 Å². The fourth-order valence-corrected chi connectivity index (χ4v) is 3.61. The Morgan fingerprint density at radius 2 is 1.81 bits per heavy atom. The summed E-state index contributed by atoms with van der Waals surface area (Å²) in [6.45, 7) is 2.68. The van der Waals surface area contributed by atoms with Crippen molar-refractivity contribution in [1.82, 2.24) is 14.9 Å². The molecule has 1 amide bonds. The molecular weight excluding hydrogens is 433 g/mol. The van der Waals surface area contributed by atoms with Crippen LogP contribution in [-0.4, -0.2) is 54.0 Å². The zero-order valence-corrected chi connectivity index (χ0v) is 17.0. The second-order valence-corrected chi connectivity index (χ2v) is 7.63. The number of H-pyrrole nitrogens is 1. The summed E-state index contributed by atoms with van der Waals surface area (Å²) in [5.74, 6) is -1.34.